The van der Waals surface area contributed by atoms with Crippen LogP contribution in [0.15, 0.2) is 12.3 Å². The van der Waals surface area contributed by atoms with E-state index in [1.54, 1.807) is 0 Å². The number of hydrogen-bond donors (Lipinski definition) is 2. The SMILES string of the molecule is C=C(NCC(F)COCCOCCOCCNC(C)C)C(C)C.CC.[HH].[HH]. The van der Waals surface area contributed by atoms with Gasteiger partial charge in [-0.05, 0) is 5.92 Å². The summed E-state index contributed by atoms with van der Waals surface area (Å²) in [4.78, 5) is 0. The minimum absolute atomic E-state index is 0. The molecule has 0 fully saturated rings. The van der Waals surface area contributed by atoms with E-state index < -0.39 is 6.17 Å². The van der Waals surface area contributed by atoms with Crippen LogP contribution in [0.4, 0.5) is 4.39 Å². The third-order valence-corrected chi connectivity index (χ3v) is 3.09. The Bertz CT molecular complexity index is 300. The zero-order valence-electron chi connectivity index (χ0n) is 17.2. The van der Waals surface area contributed by atoms with Crippen molar-refractivity contribution in [3.63, 3.8) is 0 Å². The van der Waals surface area contributed by atoms with Crippen molar-refractivity contribution in [3.05, 3.63) is 12.3 Å². The lowest BCUT2D eigenvalue weighted by Crippen LogP contribution is -2.28. The Labute approximate surface area is 157 Å². The molecule has 0 aliphatic heterocycles. The lowest BCUT2D eigenvalue weighted by molar-refractivity contribution is 0.00430. The van der Waals surface area contributed by atoms with Crippen LogP contribution in [0.5, 0.6) is 0 Å². The monoisotopic (exact) mass is 368 g/mol. The lowest BCUT2D eigenvalue weighted by Gasteiger charge is -2.15. The van der Waals surface area contributed by atoms with Gasteiger partial charge in [0.15, 0.2) is 0 Å². The Kier molecular flexibility index (Phi) is 20.8. The van der Waals surface area contributed by atoms with Gasteiger partial charge in [0, 0.05) is 27.7 Å². The van der Waals surface area contributed by atoms with Crippen molar-refractivity contribution in [3.8, 4) is 0 Å². The van der Waals surface area contributed by atoms with Crippen LogP contribution >= 0.6 is 0 Å². The summed E-state index contributed by atoms with van der Waals surface area (Å²) in [5, 5.41) is 6.24. The van der Waals surface area contributed by atoms with Crippen molar-refractivity contribution in [2.24, 2.45) is 5.92 Å². The highest BCUT2D eigenvalue weighted by Crippen LogP contribution is 2.02. The molecule has 1 unspecified atom stereocenters. The maximum atomic E-state index is 13.5. The summed E-state index contributed by atoms with van der Waals surface area (Å²) in [5.41, 5.74) is 0.847. The van der Waals surface area contributed by atoms with Crippen LogP contribution in [0.3, 0.4) is 0 Å². The first kappa shape index (κ1) is 26.5. The zero-order chi connectivity index (χ0) is 19.5. The van der Waals surface area contributed by atoms with Crippen molar-refractivity contribution >= 4 is 0 Å². The highest BCUT2D eigenvalue weighted by Gasteiger charge is 2.08. The fraction of sp³-hybridized carbons (Fsp3) is 0.895. The fourth-order valence-electron chi connectivity index (χ4n) is 1.58. The number of allylic oxidation sites excluding steroid dienone is 1. The molecular formula is C19H45FN2O3. The Morgan fingerprint density at radius 3 is 2.00 bits per heavy atom. The standard InChI is InChI=1S/C17H35FN2O3.C2H6.2H2/c1-14(2)16(5)20-12-17(18)13-23-11-10-22-9-8-21-7-6-19-15(3)4;1-2;;/h14-15,17,19-20H,5-13H2,1-4H3;1-2H3;2*1H. The van der Waals surface area contributed by atoms with Crippen LogP contribution < -0.4 is 10.6 Å². The summed E-state index contributed by atoms with van der Waals surface area (Å²) in [6, 6.07) is 0.477. The van der Waals surface area contributed by atoms with Crippen LogP contribution in [0.25, 0.3) is 0 Å². The largest absolute Gasteiger partial charge is 0.386 e. The zero-order valence-corrected chi connectivity index (χ0v) is 17.2. The van der Waals surface area contributed by atoms with Crippen molar-refractivity contribution in [1.82, 2.24) is 10.6 Å². The Morgan fingerprint density at radius 2 is 1.48 bits per heavy atom. The van der Waals surface area contributed by atoms with Crippen molar-refractivity contribution in [2.75, 3.05) is 52.7 Å². The second-order valence-corrected chi connectivity index (χ2v) is 6.07. The number of ether oxygens (including phenoxy) is 3. The topological polar surface area (TPSA) is 51.8 Å². The van der Waals surface area contributed by atoms with Gasteiger partial charge in [0.2, 0.25) is 0 Å². The minimum Gasteiger partial charge on any atom is -0.386 e. The van der Waals surface area contributed by atoms with E-state index in [1.165, 1.54) is 0 Å². The summed E-state index contributed by atoms with van der Waals surface area (Å²) in [5.74, 6) is 0.305. The minimum atomic E-state index is -1.04. The van der Waals surface area contributed by atoms with Crippen molar-refractivity contribution in [2.45, 2.75) is 53.8 Å². The Morgan fingerprint density at radius 1 is 0.960 bits per heavy atom. The molecule has 0 radical (unpaired) electrons. The maximum Gasteiger partial charge on any atom is 0.140 e. The molecule has 0 heterocycles. The van der Waals surface area contributed by atoms with Gasteiger partial charge >= 0.3 is 0 Å². The highest BCUT2D eigenvalue weighted by atomic mass is 19.1. The maximum absolute atomic E-state index is 13.5. The first-order valence-electron chi connectivity index (χ1n) is 9.46. The summed E-state index contributed by atoms with van der Waals surface area (Å²) in [6.07, 6.45) is -1.04. The molecule has 6 heteroatoms. The molecule has 0 amide bonds. The second kappa shape index (κ2) is 19.6. The Balaban J connectivity index is -0.000000637. The van der Waals surface area contributed by atoms with E-state index in [2.05, 4.69) is 31.1 Å². The molecule has 1 atom stereocenters. The van der Waals surface area contributed by atoms with Crippen LogP contribution in [0.1, 0.15) is 44.4 Å². The number of alkyl halides is 1. The summed E-state index contributed by atoms with van der Waals surface area (Å²) >= 11 is 0. The molecular weight excluding hydrogens is 323 g/mol. The van der Waals surface area contributed by atoms with Crippen LogP contribution in [0.2, 0.25) is 0 Å². The normalized spacial score (nSPS) is 12.0. The third kappa shape index (κ3) is 21.3. The number of hydrogen-bond acceptors (Lipinski definition) is 5. The summed E-state index contributed by atoms with van der Waals surface area (Å²) in [6.45, 7) is 19.8. The Hall–Kier alpha value is -0.690. The highest BCUT2D eigenvalue weighted by molar-refractivity contribution is 4.94. The van der Waals surface area contributed by atoms with Gasteiger partial charge in [-0.3, -0.25) is 0 Å². The van der Waals surface area contributed by atoms with Gasteiger partial charge in [0.1, 0.15) is 6.17 Å². The molecule has 0 rings (SSSR count). The first-order valence-corrected chi connectivity index (χ1v) is 9.46. The van der Waals surface area contributed by atoms with Gasteiger partial charge < -0.3 is 24.8 Å². The van der Waals surface area contributed by atoms with Gasteiger partial charge in [0.25, 0.3) is 0 Å². The fourth-order valence-corrected chi connectivity index (χ4v) is 1.58. The van der Waals surface area contributed by atoms with Gasteiger partial charge in [-0.25, -0.2) is 4.39 Å². The van der Waals surface area contributed by atoms with E-state index in [9.17, 15) is 4.39 Å². The van der Waals surface area contributed by atoms with E-state index >= 15 is 0 Å². The second-order valence-electron chi connectivity index (χ2n) is 6.07. The van der Waals surface area contributed by atoms with Crippen LogP contribution in [-0.2, 0) is 14.2 Å². The van der Waals surface area contributed by atoms with E-state index in [0.29, 0.717) is 45.0 Å². The summed E-state index contributed by atoms with van der Waals surface area (Å²) in [7, 11) is 0. The van der Waals surface area contributed by atoms with Crippen molar-refractivity contribution < 1.29 is 21.5 Å². The van der Waals surface area contributed by atoms with E-state index in [1.807, 2.05) is 27.7 Å². The molecule has 0 spiro atoms. The molecule has 0 bridgehead atoms. The first-order chi connectivity index (χ1) is 11.9. The van der Waals surface area contributed by atoms with Gasteiger partial charge in [-0.15, -0.1) is 0 Å². The molecule has 0 saturated heterocycles. The molecule has 0 aromatic rings. The van der Waals surface area contributed by atoms with E-state index in [4.69, 9.17) is 14.2 Å². The third-order valence-electron chi connectivity index (χ3n) is 3.09. The predicted octanol–water partition coefficient (Wildman–Crippen LogP) is 3.65. The smallest absolute Gasteiger partial charge is 0.140 e. The molecule has 0 aromatic carbocycles. The molecule has 5 nitrogen and oxygen atoms in total. The predicted molar refractivity (Wildman–Crippen MR) is 108 cm³/mol. The molecule has 0 aliphatic rings. The number of nitrogens with one attached hydrogen (secondary N) is 2. The molecule has 2 N–H and O–H groups in total. The average molecular weight is 369 g/mol. The summed E-state index contributed by atoms with van der Waals surface area (Å²) < 4.78 is 29.5. The molecule has 0 saturated carbocycles. The molecule has 0 aromatic heterocycles. The number of halogens is 1. The van der Waals surface area contributed by atoms with Gasteiger partial charge in [0.05, 0.1) is 39.6 Å². The number of rotatable bonds is 16. The molecule has 25 heavy (non-hydrogen) atoms. The van der Waals surface area contributed by atoms with Crippen molar-refractivity contribution in [1.29, 1.82) is 0 Å². The van der Waals surface area contributed by atoms with E-state index in [0.717, 1.165) is 12.2 Å². The van der Waals surface area contributed by atoms with E-state index in [-0.39, 0.29) is 16.0 Å². The van der Waals surface area contributed by atoms with Gasteiger partial charge in [-0.2, -0.15) is 0 Å². The quantitative estimate of drug-likeness (QED) is 0.407. The lowest BCUT2D eigenvalue weighted by atomic mass is 10.1. The average Bonchev–Trinajstić information content (AvgIpc) is 2.58. The van der Waals surface area contributed by atoms with Gasteiger partial charge in [-0.1, -0.05) is 48.1 Å². The van der Waals surface area contributed by atoms with Crippen LogP contribution in [-0.4, -0.2) is 64.9 Å². The van der Waals surface area contributed by atoms with Crippen LogP contribution in [0, 0.1) is 5.92 Å². The molecule has 156 valence electrons. The molecule has 0 aliphatic carbocycles.